The SMILES string of the molecule is CC[C@H](C)[C@H](NC(=O)N1CCCC(OC)C1)C(=O)O. The van der Waals surface area contributed by atoms with Crippen molar-refractivity contribution in [1.82, 2.24) is 10.2 Å². The molecule has 0 bridgehead atoms. The Morgan fingerprint density at radius 2 is 2.21 bits per heavy atom. The molecule has 19 heavy (non-hydrogen) atoms. The van der Waals surface area contributed by atoms with Gasteiger partial charge < -0.3 is 20.1 Å². The summed E-state index contributed by atoms with van der Waals surface area (Å²) in [5.74, 6) is -1.08. The van der Waals surface area contributed by atoms with Crippen LogP contribution in [0.15, 0.2) is 0 Å². The summed E-state index contributed by atoms with van der Waals surface area (Å²) in [4.78, 5) is 24.9. The quantitative estimate of drug-likeness (QED) is 0.791. The van der Waals surface area contributed by atoms with Crippen molar-refractivity contribution >= 4 is 12.0 Å². The Bertz CT molecular complexity index is 322. The summed E-state index contributed by atoms with van der Waals surface area (Å²) in [5, 5.41) is 11.8. The fourth-order valence-corrected chi connectivity index (χ4v) is 2.22. The topological polar surface area (TPSA) is 78.9 Å². The van der Waals surface area contributed by atoms with Crippen LogP contribution >= 0.6 is 0 Å². The number of aliphatic carboxylic acids is 1. The Labute approximate surface area is 114 Å². The molecule has 1 fully saturated rings. The number of methoxy groups -OCH3 is 1. The minimum Gasteiger partial charge on any atom is -0.480 e. The monoisotopic (exact) mass is 272 g/mol. The summed E-state index contributed by atoms with van der Waals surface area (Å²) in [6, 6.07) is -1.14. The van der Waals surface area contributed by atoms with Gasteiger partial charge in [0.05, 0.1) is 6.10 Å². The van der Waals surface area contributed by atoms with Crippen LogP contribution in [-0.2, 0) is 9.53 Å². The van der Waals surface area contributed by atoms with E-state index in [1.54, 1.807) is 12.0 Å². The third-order valence-electron chi connectivity index (χ3n) is 3.76. The zero-order valence-corrected chi connectivity index (χ0v) is 11.9. The average molecular weight is 272 g/mol. The van der Waals surface area contributed by atoms with Crippen LogP contribution < -0.4 is 5.32 Å². The molecule has 6 heteroatoms. The Kier molecular flexibility index (Phi) is 6.08. The van der Waals surface area contributed by atoms with Gasteiger partial charge >= 0.3 is 12.0 Å². The van der Waals surface area contributed by atoms with Crippen LogP contribution in [0, 0.1) is 5.92 Å². The van der Waals surface area contributed by atoms with Gasteiger partial charge in [-0.05, 0) is 18.8 Å². The number of carbonyl (C=O) groups is 2. The second-order valence-electron chi connectivity index (χ2n) is 5.10. The van der Waals surface area contributed by atoms with Crippen LogP contribution in [0.25, 0.3) is 0 Å². The highest BCUT2D eigenvalue weighted by Crippen LogP contribution is 2.14. The molecule has 0 aromatic heterocycles. The van der Waals surface area contributed by atoms with Gasteiger partial charge in [0.15, 0.2) is 0 Å². The van der Waals surface area contributed by atoms with Gasteiger partial charge in [-0.15, -0.1) is 0 Å². The molecule has 0 radical (unpaired) electrons. The van der Waals surface area contributed by atoms with E-state index in [2.05, 4.69) is 5.32 Å². The maximum atomic E-state index is 12.1. The third kappa shape index (κ3) is 4.38. The molecule has 1 unspecified atom stereocenters. The van der Waals surface area contributed by atoms with Crippen LogP contribution in [0.4, 0.5) is 4.79 Å². The van der Waals surface area contributed by atoms with Crippen molar-refractivity contribution in [2.75, 3.05) is 20.2 Å². The van der Waals surface area contributed by atoms with Gasteiger partial charge in [0.2, 0.25) is 0 Å². The summed E-state index contributed by atoms with van der Waals surface area (Å²) in [7, 11) is 1.63. The van der Waals surface area contributed by atoms with Crippen molar-refractivity contribution in [2.45, 2.75) is 45.3 Å². The first-order valence-corrected chi connectivity index (χ1v) is 6.80. The number of carbonyl (C=O) groups excluding carboxylic acids is 1. The first kappa shape index (κ1) is 15.8. The van der Waals surface area contributed by atoms with E-state index in [1.807, 2.05) is 13.8 Å². The number of carboxylic acid groups (broad SMARTS) is 1. The van der Waals surface area contributed by atoms with Crippen LogP contribution in [0.2, 0.25) is 0 Å². The van der Waals surface area contributed by atoms with Gasteiger partial charge in [-0.3, -0.25) is 0 Å². The number of ether oxygens (including phenoxy) is 1. The molecule has 6 nitrogen and oxygen atoms in total. The molecule has 0 aliphatic carbocycles. The van der Waals surface area contributed by atoms with E-state index in [-0.39, 0.29) is 18.1 Å². The van der Waals surface area contributed by atoms with Crippen molar-refractivity contribution in [2.24, 2.45) is 5.92 Å². The molecule has 1 rings (SSSR count). The number of piperidine rings is 1. The first-order chi connectivity index (χ1) is 8.99. The van der Waals surface area contributed by atoms with E-state index in [9.17, 15) is 9.59 Å². The predicted octanol–water partition coefficient (Wildman–Crippen LogP) is 1.31. The van der Waals surface area contributed by atoms with Gasteiger partial charge in [0.1, 0.15) is 6.04 Å². The molecule has 0 aromatic rings. The first-order valence-electron chi connectivity index (χ1n) is 6.80. The average Bonchev–Trinajstić information content (AvgIpc) is 2.43. The summed E-state index contributed by atoms with van der Waals surface area (Å²) in [6.45, 7) is 4.91. The molecule has 0 spiro atoms. The van der Waals surface area contributed by atoms with Crippen LogP contribution in [-0.4, -0.2) is 54.4 Å². The number of hydrogen-bond donors (Lipinski definition) is 2. The van der Waals surface area contributed by atoms with Gasteiger partial charge in [-0.1, -0.05) is 20.3 Å². The second-order valence-corrected chi connectivity index (χ2v) is 5.10. The summed E-state index contributed by atoms with van der Waals surface area (Å²) in [6.07, 6.45) is 2.57. The van der Waals surface area contributed by atoms with Crippen LogP contribution in [0.5, 0.6) is 0 Å². The highest BCUT2D eigenvalue weighted by molar-refractivity contribution is 5.82. The highest BCUT2D eigenvalue weighted by Gasteiger charge is 2.29. The number of carboxylic acids is 1. The highest BCUT2D eigenvalue weighted by atomic mass is 16.5. The van der Waals surface area contributed by atoms with Gasteiger partial charge in [-0.25, -0.2) is 9.59 Å². The van der Waals surface area contributed by atoms with Gasteiger partial charge in [-0.2, -0.15) is 0 Å². The third-order valence-corrected chi connectivity index (χ3v) is 3.76. The molecule has 0 saturated carbocycles. The molecule has 1 saturated heterocycles. The molecular formula is C13H24N2O4. The Morgan fingerprint density at radius 1 is 1.53 bits per heavy atom. The van der Waals surface area contributed by atoms with Crippen molar-refractivity contribution in [3.63, 3.8) is 0 Å². The molecule has 1 aliphatic rings. The summed E-state index contributed by atoms with van der Waals surface area (Å²) >= 11 is 0. The lowest BCUT2D eigenvalue weighted by Gasteiger charge is -2.33. The minimum atomic E-state index is -0.983. The standard InChI is InChI=1S/C13H24N2O4/c1-4-9(2)11(12(16)17)14-13(18)15-7-5-6-10(8-15)19-3/h9-11H,4-8H2,1-3H3,(H,14,18)(H,16,17)/t9-,10?,11-/m0/s1. The Balaban J connectivity index is 2.58. The number of rotatable bonds is 5. The summed E-state index contributed by atoms with van der Waals surface area (Å²) < 4.78 is 5.25. The van der Waals surface area contributed by atoms with Crippen molar-refractivity contribution in [3.8, 4) is 0 Å². The molecule has 1 aliphatic heterocycles. The van der Waals surface area contributed by atoms with E-state index >= 15 is 0 Å². The number of nitrogens with zero attached hydrogens (tertiary/aromatic N) is 1. The molecule has 3 atom stereocenters. The maximum Gasteiger partial charge on any atom is 0.326 e. The fraction of sp³-hybridized carbons (Fsp3) is 0.846. The van der Waals surface area contributed by atoms with E-state index in [0.29, 0.717) is 19.5 Å². The van der Waals surface area contributed by atoms with Gasteiger partial charge in [0.25, 0.3) is 0 Å². The minimum absolute atomic E-state index is 0.0476. The van der Waals surface area contributed by atoms with E-state index < -0.39 is 12.0 Å². The Morgan fingerprint density at radius 3 is 2.74 bits per heavy atom. The molecule has 2 amide bonds. The zero-order valence-electron chi connectivity index (χ0n) is 11.9. The molecule has 110 valence electrons. The fourth-order valence-electron chi connectivity index (χ4n) is 2.22. The lowest BCUT2D eigenvalue weighted by atomic mass is 9.99. The zero-order chi connectivity index (χ0) is 14.4. The second kappa shape index (κ2) is 7.33. The lowest BCUT2D eigenvalue weighted by Crippen LogP contribution is -2.53. The van der Waals surface area contributed by atoms with Gasteiger partial charge in [0, 0.05) is 20.2 Å². The molecule has 1 heterocycles. The Hall–Kier alpha value is -1.30. The maximum absolute atomic E-state index is 12.1. The predicted molar refractivity (Wildman–Crippen MR) is 71.0 cm³/mol. The number of amides is 2. The number of likely N-dealkylation sites (tertiary alicyclic amines) is 1. The number of urea groups is 1. The van der Waals surface area contributed by atoms with E-state index in [4.69, 9.17) is 9.84 Å². The molecular weight excluding hydrogens is 248 g/mol. The lowest BCUT2D eigenvalue weighted by molar-refractivity contribution is -0.140. The summed E-state index contributed by atoms with van der Waals surface area (Å²) in [5.41, 5.74) is 0. The number of nitrogens with one attached hydrogen (secondary N) is 1. The van der Waals surface area contributed by atoms with E-state index in [0.717, 1.165) is 12.8 Å². The number of hydrogen-bond acceptors (Lipinski definition) is 3. The van der Waals surface area contributed by atoms with Crippen LogP contribution in [0.3, 0.4) is 0 Å². The van der Waals surface area contributed by atoms with Crippen molar-refractivity contribution in [3.05, 3.63) is 0 Å². The smallest absolute Gasteiger partial charge is 0.326 e. The largest absolute Gasteiger partial charge is 0.480 e. The normalized spacial score (nSPS) is 22.7. The van der Waals surface area contributed by atoms with E-state index in [1.165, 1.54) is 0 Å². The van der Waals surface area contributed by atoms with Crippen molar-refractivity contribution < 1.29 is 19.4 Å². The van der Waals surface area contributed by atoms with Crippen molar-refractivity contribution in [1.29, 1.82) is 0 Å². The molecule has 0 aromatic carbocycles. The van der Waals surface area contributed by atoms with Crippen LogP contribution in [0.1, 0.15) is 33.1 Å². The molecule has 2 N–H and O–H groups in total.